The van der Waals surface area contributed by atoms with Crippen LogP contribution in [-0.4, -0.2) is 10.5 Å². The predicted octanol–water partition coefficient (Wildman–Crippen LogP) is 6.49. The van der Waals surface area contributed by atoms with Crippen LogP contribution in [0.15, 0.2) is 29.3 Å². The van der Waals surface area contributed by atoms with Crippen LogP contribution in [0.3, 0.4) is 0 Å². The van der Waals surface area contributed by atoms with Gasteiger partial charge in [-0.05, 0) is 87.3 Å². The number of halogens is 1. The fourth-order valence-corrected chi connectivity index (χ4v) is 8.17. The van der Waals surface area contributed by atoms with Gasteiger partial charge >= 0.3 is 0 Å². The van der Waals surface area contributed by atoms with Crippen molar-refractivity contribution in [2.24, 2.45) is 28.2 Å². The summed E-state index contributed by atoms with van der Waals surface area (Å²) >= 11 is 7.84. The molecule has 3 nitrogen and oxygen atoms in total. The van der Waals surface area contributed by atoms with Crippen molar-refractivity contribution in [3.05, 3.63) is 39.0 Å². The van der Waals surface area contributed by atoms with Crippen LogP contribution in [0.5, 0.6) is 0 Å². The fraction of sp³-hybridized carbons (Fsp3) is 0.600. The highest BCUT2D eigenvalue weighted by Gasteiger charge is 2.54. The molecular weight excluding hydrogens is 412 g/mol. The van der Waals surface area contributed by atoms with Gasteiger partial charge in [-0.15, -0.1) is 11.3 Å². The summed E-state index contributed by atoms with van der Waals surface area (Å²) in [5, 5.41) is 0.746. The third kappa shape index (κ3) is 3.50. The van der Waals surface area contributed by atoms with Crippen molar-refractivity contribution < 1.29 is 4.79 Å². The van der Waals surface area contributed by atoms with Crippen LogP contribution in [0.25, 0.3) is 11.3 Å². The van der Waals surface area contributed by atoms with Gasteiger partial charge in [0, 0.05) is 16.4 Å². The summed E-state index contributed by atoms with van der Waals surface area (Å²) in [7, 11) is 0. The zero-order valence-corrected chi connectivity index (χ0v) is 19.6. The molecule has 4 aliphatic carbocycles. The lowest BCUT2D eigenvalue weighted by molar-refractivity contribution is -0.142. The first-order valence-corrected chi connectivity index (χ1v) is 12.8. The molecule has 2 aromatic rings. The standard InChI is InChI=1S/C25H31ClN2OS/c1-3-5-21-22(19-6-8-20(26)9-7-19)28(4-2)24(30-21)27-23(29)25-13-16-10-17(14-25)12-18(11-16)15-25/h6-9,16-18H,3-5,10-15H2,1-2H3. The molecule has 160 valence electrons. The number of amides is 1. The lowest BCUT2D eigenvalue weighted by Gasteiger charge is -2.55. The van der Waals surface area contributed by atoms with E-state index in [0.29, 0.717) is 0 Å². The summed E-state index contributed by atoms with van der Waals surface area (Å²) in [6.07, 6.45) is 9.35. The molecule has 4 fully saturated rings. The van der Waals surface area contributed by atoms with E-state index in [1.54, 1.807) is 11.3 Å². The Morgan fingerprint density at radius 3 is 2.23 bits per heavy atom. The van der Waals surface area contributed by atoms with E-state index in [0.717, 1.165) is 71.8 Å². The van der Waals surface area contributed by atoms with Gasteiger partial charge in [0.25, 0.3) is 5.91 Å². The van der Waals surface area contributed by atoms with Gasteiger partial charge < -0.3 is 4.57 Å². The maximum Gasteiger partial charge on any atom is 0.254 e. The average Bonchev–Trinajstić information content (AvgIpc) is 3.04. The molecule has 5 heteroatoms. The van der Waals surface area contributed by atoms with Crippen LogP contribution in [0.1, 0.15) is 63.7 Å². The van der Waals surface area contributed by atoms with Crippen molar-refractivity contribution in [3.8, 4) is 11.3 Å². The Balaban J connectivity index is 1.57. The number of aromatic nitrogens is 1. The molecule has 4 aliphatic rings. The van der Waals surface area contributed by atoms with Crippen molar-refractivity contribution in [1.29, 1.82) is 0 Å². The Kier molecular flexibility index (Phi) is 5.43. The summed E-state index contributed by atoms with van der Waals surface area (Å²) in [5.41, 5.74) is 2.19. The van der Waals surface area contributed by atoms with Crippen molar-refractivity contribution in [3.63, 3.8) is 0 Å². The molecule has 0 N–H and O–H groups in total. The molecule has 4 bridgehead atoms. The van der Waals surface area contributed by atoms with Gasteiger partial charge in [-0.1, -0.05) is 37.1 Å². The van der Waals surface area contributed by atoms with Crippen LogP contribution in [0.4, 0.5) is 0 Å². The van der Waals surface area contributed by atoms with Crippen molar-refractivity contribution in [1.82, 2.24) is 4.57 Å². The molecule has 0 spiro atoms. The molecule has 6 rings (SSSR count). The van der Waals surface area contributed by atoms with E-state index in [2.05, 4.69) is 30.5 Å². The molecule has 0 radical (unpaired) electrons. The average molecular weight is 443 g/mol. The van der Waals surface area contributed by atoms with Gasteiger partial charge in [0.2, 0.25) is 0 Å². The van der Waals surface area contributed by atoms with Crippen molar-refractivity contribution in [2.45, 2.75) is 71.8 Å². The third-order valence-corrected chi connectivity index (χ3v) is 8.97. The Labute approximate surface area is 188 Å². The van der Waals surface area contributed by atoms with Gasteiger partial charge in [0.15, 0.2) is 4.80 Å². The smallest absolute Gasteiger partial charge is 0.254 e. The number of aryl methyl sites for hydroxylation is 1. The van der Waals surface area contributed by atoms with E-state index < -0.39 is 0 Å². The minimum atomic E-state index is -0.171. The predicted molar refractivity (Wildman–Crippen MR) is 124 cm³/mol. The summed E-state index contributed by atoms with van der Waals surface area (Å²) in [6.45, 7) is 5.17. The number of carbonyl (C=O) groups is 1. The summed E-state index contributed by atoms with van der Waals surface area (Å²) < 4.78 is 2.25. The summed E-state index contributed by atoms with van der Waals surface area (Å²) in [4.78, 5) is 20.6. The monoisotopic (exact) mass is 442 g/mol. The van der Waals surface area contributed by atoms with Crippen LogP contribution in [0.2, 0.25) is 5.02 Å². The Bertz CT molecular complexity index is 981. The molecule has 1 aromatic heterocycles. The largest absolute Gasteiger partial charge is 0.316 e. The Morgan fingerprint density at radius 1 is 1.10 bits per heavy atom. The van der Waals surface area contributed by atoms with Crippen LogP contribution < -0.4 is 4.80 Å². The van der Waals surface area contributed by atoms with E-state index in [-0.39, 0.29) is 11.3 Å². The van der Waals surface area contributed by atoms with Crippen molar-refractivity contribution >= 4 is 28.8 Å². The summed E-state index contributed by atoms with van der Waals surface area (Å²) in [6, 6.07) is 8.06. The van der Waals surface area contributed by atoms with E-state index in [1.165, 1.54) is 29.8 Å². The molecule has 1 amide bonds. The first kappa shape index (κ1) is 20.5. The maximum atomic E-state index is 13.6. The van der Waals surface area contributed by atoms with E-state index >= 15 is 0 Å². The quantitative estimate of drug-likeness (QED) is 0.521. The molecule has 0 saturated heterocycles. The lowest BCUT2D eigenvalue weighted by Crippen LogP contribution is -2.49. The van der Waals surface area contributed by atoms with Gasteiger partial charge in [-0.25, -0.2) is 0 Å². The van der Waals surface area contributed by atoms with Crippen LogP contribution >= 0.6 is 22.9 Å². The van der Waals surface area contributed by atoms with E-state index in [9.17, 15) is 4.79 Å². The van der Waals surface area contributed by atoms with Gasteiger partial charge in [0.1, 0.15) is 0 Å². The number of rotatable bonds is 5. The highest BCUT2D eigenvalue weighted by atomic mass is 35.5. The zero-order chi connectivity index (χ0) is 20.9. The van der Waals surface area contributed by atoms with E-state index in [1.807, 2.05) is 12.1 Å². The Morgan fingerprint density at radius 2 is 1.70 bits per heavy atom. The van der Waals surface area contributed by atoms with Crippen LogP contribution in [0, 0.1) is 23.2 Å². The second-order valence-corrected chi connectivity index (χ2v) is 11.3. The maximum absolute atomic E-state index is 13.6. The number of hydrogen-bond donors (Lipinski definition) is 0. The highest BCUT2D eigenvalue weighted by Crippen LogP contribution is 2.60. The Hall–Kier alpha value is -1.39. The van der Waals surface area contributed by atoms with Crippen LogP contribution in [-0.2, 0) is 17.8 Å². The minimum absolute atomic E-state index is 0.163. The lowest BCUT2D eigenvalue weighted by atomic mass is 9.49. The molecule has 0 atom stereocenters. The topological polar surface area (TPSA) is 34.4 Å². The van der Waals surface area contributed by atoms with Crippen molar-refractivity contribution in [2.75, 3.05) is 0 Å². The number of benzene rings is 1. The molecule has 0 aliphatic heterocycles. The fourth-order valence-electron chi connectivity index (χ4n) is 6.74. The molecular formula is C25H31ClN2OS. The number of carbonyl (C=O) groups excluding carboxylic acids is 1. The molecule has 30 heavy (non-hydrogen) atoms. The van der Waals surface area contributed by atoms with Gasteiger partial charge in [-0.2, -0.15) is 4.99 Å². The molecule has 1 aromatic carbocycles. The number of nitrogens with zero attached hydrogens (tertiary/aromatic N) is 2. The number of thiazole rings is 1. The van der Waals surface area contributed by atoms with Gasteiger partial charge in [0.05, 0.1) is 11.1 Å². The zero-order valence-electron chi connectivity index (χ0n) is 18.0. The minimum Gasteiger partial charge on any atom is -0.316 e. The SMILES string of the molecule is CCCc1sc(=NC(=O)C23CC4CC(CC(C4)C2)C3)n(CC)c1-c1ccc(Cl)cc1. The second kappa shape index (κ2) is 7.94. The first-order chi connectivity index (χ1) is 14.5. The van der Waals surface area contributed by atoms with E-state index in [4.69, 9.17) is 16.6 Å². The second-order valence-electron chi connectivity index (χ2n) is 9.77. The van der Waals surface area contributed by atoms with Gasteiger partial charge in [-0.3, -0.25) is 4.79 Å². The summed E-state index contributed by atoms with van der Waals surface area (Å²) in [5.74, 6) is 2.45. The molecule has 4 saturated carbocycles. The molecule has 1 heterocycles. The third-order valence-electron chi connectivity index (χ3n) is 7.58. The first-order valence-electron chi connectivity index (χ1n) is 11.6. The molecule has 0 unspecified atom stereocenters. The normalized spacial score (nSPS) is 30.2. The number of hydrogen-bond acceptors (Lipinski definition) is 2. The highest BCUT2D eigenvalue weighted by molar-refractivity contribution is 7.09.